The van der Waals surface area contributed by atoms with Gasteiger partial charge in [0.15, 0.2) is 0 Å². The summed E-state index contributed by atoms with van der Waals surface area (Å²) < 4.78 is 38.6. The van der Waals surface area contributed by atoms with Gasteiger partial charge in [0.2, 0.25) is 5.88 Å². The lowest BCUT2D eigenvalue weighted by Gasteiger charge is -2.07. The first-order valence-electron chi connectivity index (χ1n) is 3.42. The van der Waals surface area contributed by atoms with E-state index in [2.05, 4.69) is 9.72 Å². The van der Waals surface area contributed by atoms with Gasteiger partial charge in [-0.3, -0.25) is 0 Å². The third kappa shape index (κ3) is 4.29. The molecule has 0 fully saturated rings. The Morgan fingerprint density at radius 3 is 2.57 bits per heavy atom. The summed E-state index contributed by atoms with van der Waals surface area (Å²) in [6, 6.07) is 2.66. The van der Waals surface area contributed by atoms with Crippen LogP contribution in [0.25, 0.3) is 0 Å². The van der Waals surface area contributed by atoms with E-state index in [1.165, 1.54) is 12.3 Å². The van der Waals surface area contributed by atoms with E-state index >= 15 is 0 Å². The minimum absolute atomic E-state index is 0. The van der Waals surface area contributed by atoms with E-state index in [-0.39, 0.29) is 19.0 Å². The lowest BCUT2D eigenvalue weighted by Crippen LogP contribution is -2.18. The van der Waals surface area contributed by atoms with Gasteiger partial charge < -0.3 is 10.5 Å². The Balaban J connectivity index is 0.00000169. The van der Waals surface area contributed by atoms with Crippen molar-refractivity contribution in [3.05, 3.63) is 23.9 Å². The second-order valence-electron chi connectivity index (χ2n) is 2.25. The van der Waals surface area contributed by atoms with Crippen LogP contribution in [0.1, 0.15) is 5.56 Å². The molecule has 7 heteroatoms. The summed E-state index contributed by atoms with van der Waals surface area (Å²) in [5.74, 6) is -0.490. The Morgan fingerprint density at radius 2 is 2.07 bits per heavy atom. The fraction of sp³-hybridized carbons (Fsp3) is 0.286. The van der Waals surface area contributed by atoms with Crippen molar-refractivity contribution in [3.8, 4) is 5.88 Å². The number of pyridine rings is 1. The van der Waals surface area contributed by atoms with Crippen LogP contribution in [0.15, 0.2) is 18.3 Å². The van der Waals surface area contributed by atoms with Gasteiger partial charge in [0, 0.05) is 18.8 Å². The zero-order chi connectivity index (χ0) is 9.90. The molecule has 0 amide bonds. The number of ether oxygens (including phenoxy) is 1. The number of nitrogens with two attached hydrogens (primary N) is 1. The van der Waals surface area contributed by atoms with Gasteiger partial charge in [-0.1, -0.05) is 0 Å². The van der Waals surface area contributed by atoms with Crippen molar-refractivity contribution in [1.82, 2.24) is 4.98 Å². The maximum Gasteiger partial charge on any atom is 0.574 e. The van der Waals surface area contributed by atoms with E-state index in [4.69, 9.17) is 5.73 Å². The molecule has 0 aliphatic rings. The van der Waals surface area contributed by atoms with Gasteiger partial charge in [-0.15, -0.1) is 25.6 Å². The normalized spacial score (nSPS) is 10.6. The maximum atomic E-state index is 11.7. The minimum Gasteiger partial charge on any atom is -0.388 e. The second kappa shape index (κ2) is 5.02. The van der Waals surface area contributed by atoms with Crippen LogP contribution in [0, 0.1) is 0 Å². The van der Waals surface area contributed by atoms with Crippen LogP contribution in [0.5, 0.6) is 5.88 Å². The number of halogens is 4. The fourth-order valence-electron chi connectivity index (χ4n) is 0.752. The molecule has 1 heterocycles. The molecule has 3 nitrogen and oxygen atoms in total. The lowest BCUT2D eigenvalue weighted by atomic mass is 10.3. The summed E-state index contributed by atoms with van der Waals surface area (Å²) in [6.07, 6.45) is -3.50. The minimum atomic E-state index is -4.71. The van der Waals surface area contributed by atoms with Crippen LogP contribution in [-0.4, -0.2) is 11.3 Å². The SMILES string of the molecule is Cl.NCc1ccnc(OC(F)(F)F)c1. The number of alkyl halides is 3. The quantitative estimate of drug-likeness (QED) is 0.841. The molecule has 2 N–H and O–H groups in total. The number of rotatable bonds is 2. The monoisotopic (exact) mass is 228 g/mol. The van der Waals surface area contributed by atoms with E-state index in [0.717, 1.165) is 6.07 Å². The van der Waals surface area contributed by atoms with Crippen LogP contribution in [0.4, 0.5) is 13.2 Å². The third-order valence-corrected chi connectivity index (χ3v) is 1.26. The van der Waals surface area contributed by atoms with Gasteiger partial charge in [-0.2, -0.15) is 0 Å². The zero-order valence-corrected chi connectivity index (χ0v) is 7.73. The molecule has 0 aromatic carbocycles. The highest BCUT2D eigenvalue weighted by Crippen LogP contribution is 2.20. The van der Waals surface area contributed by atoms with Crippen molar-refractivity contribution in [3.63, 3.8) is 0 Å². The predicted octanol–water partition coefficient (Wildman–Crippen LogP) is 1.86. The Labute approximate surface area is 84.5 Å². The molecule has 0 saturated heterocycles. The summed E-state index contributed by atoms with van der Waals surface area (Å²) in [5, 5.41) is 0. The highest BCUT2D eigenvalue weighted by Gasteiger charge is 2.31. The molecular weight excluding hydrogens is 221 g/mol. The van der Waals surface area contributed by atoms with Crippen molar-refractivity contribution in [2.24, 2.45) is 5.73 Å². The number of hydrogen-bond donors (Lipinski definition) is 1. The maximum absolute atomic E-state index is 11.7. The molecule has 1 aromatic heterocycles. The molecule has 1 aromatic rings. The van der Waals surface area contributed by atoms with Crippen molar-refractivity contribution in [2.45, 2.75) is 12.9 Å². The van der Waals surface area contributed by atoms with Crippen molar-refractivity contribution >= 4 is 12.4 Å². The van der Waals surface area contributed by atoms with Crippen molar-refractivity contribution in [1.29, 1.82) is 0 Å². The first kappa shape index (κ1) is 13.0. The van der Waals surface area contributed by atoms with Gasteiger partial charge in [-0.25, -0.2) is 4.98 Å². The van der Waals surface area contributed by atoms with Gasteiger partial charge in [0.25, 0.3) is 0 Å². The van der Waals surface area contributed by atoms with E-state index in [1.54, 1.807) is 0 Å². The van der Waals surface area contributed by atoms with E-state index in [9.17, 15) is 13.2 Å². The predicted molar refractivity (Wildman–Crippen MR) is 46.1 cm³/mol. The Kier molecular flexibility index (Phi) is 4.65. The molecular formula is C7H8ClF3N2O. The Bertz CT molecular complexity index is 293. The molecule has 80 valence electrons. The molecule has 14 heavy (non-hydrogen) atoms. The molecule has 0 aliphatic heterocycles. The summed E-state index contributed by atoms with van der Waals surface area (Å²) in [4.78, 5) is 3.37. The van der Waals surface area contributed by atoms with E-state index in [1.807, 2.05) is 0 Å². The van der Waals surface area contributed by atoms with E-state index < -0.39 is 12.2 Å². The molecule has 1 rings (SSSR count). The van der Waals surface area contributed by atoms with Gasteiger partial charge >= 0.3 is 6.36 Å². The van der Waals surface area contributed by atoms with Gasteiger partial charge in [0.1, 0.15) is 0 Å². The summed E-state index contributed by atoms with van der Waals surface area (Å²) >= 11 is 0. The smallest absolute Gasteiger partial charge is 0.388 e. The van der Waals surface area contributed by atoms with Crippen LogP contribution in [0.3, 0.4) is 0 Å². The van der Waals surface area contributed by atoms with Crippen LogP contribution >= 0.6 is 12.4 Å². The summed E-state index contributed by atoms with van der Waals surface area (Å²) in [6.45, 7) is 0.150. The Morgan fingerprint density at radius 1 is 1.43 bits per heavy atom. The number of aromatic nitrogens is 1. The largest absolute Gasteiger partial charge is 0.574 e. The van der Waals surface area contributed by atoms with Crippen molar-refractivity contribution in [2.75, 3.05) is 0 Å². The molecule has 0 aliphatic carbocycles. The van der Waals surface area contributed by atoms with Crippen molar-refractivity contribution < 1.29 is 17.9 Å². The highest BCUT2D eigenvalue weighted by atomic mass is 35.5. The second-order valence-corrected chi connectivity index (χ2v) is 2.25. The number of nitrogens with zero attached hydrogens (tertiary/aromatic N) is 1. The first-order chi connectivity index (χ1) is 6.01. The molecule has 0 unspecified atom stereocenters. The molecule has 0 saturated carbocycles. The fourth-order valence-corrected chi connectivity index (χ4v) is 0.752. The molecule has 0 radical (unpaired) electrons. The van der Waals surface area contributed by atoms with Gasteiger partial charge in [0.05, 0.1) is 0 Å². The molecule has 0 spiro atoms. The number of hydrogen-bond acceptors (Lipinski definition) is 3. The average Bonchev–Trinajstić information content (AvgIpc) is 2.01. The molecule has 0 bridgehead atoms. The Hall–Kier alpha value is -1.01. The van der Waals surface area contributed by atoms with Crippen LogP contribution < -0.4 is 10.5 Å². The summed E-state index contributed by atoms with van der Waals surface area (Å²) in [7, 11) is 0. The third-order valence-electron chi connectivity index (χ3n) is 1.26. The van der Waals surface area contributed by atoms with Gasteiger partial charge in [-0.05, 0) is 11.6 Å². The zero-order valence-electron chi connectivity index (χ0n) is 6.91. The highest BCUT2D eigenvalue weighted by molar-refractivity contribution is 5.85. The van der Waals surface area contributed by atoms with E-state index in [0.29, 0.717) is 5.56 Å². The van der Waals surface area contributed by atoms with Crippen LogP contribution in [0.2, 0.25) is 0 Å². The first-order valence-corrected chi connectivity index (χ1v) is 3.42. The summed E-state index contributed by atoms with van der Waals surface area (Å²) in [5.41, 5.74) is 5.75. The van der Waals surface area contributed by atoms with Crippen LogP contribution in [-0.2, 0) is 6.54 Å². The average molecular weight is 229 g/mol. The molecule has 0 atom stereocenters. The standard InChI is InChI=1S/C7H7F3N2O.ClH/c8-7(9,10)13-6-3-5(4-11)1-2-12-6;/h1-3H,4,11H2;1H. The topological polar surface area (TPSA) is 48.1 Å². The lowest BCUT2D eigenvalue weighted by molar-refractivity contribution is -0.276.